The number of aromatic nitrogens is 3. The van der Waals surface area contributed by atoms with Gasteiger partial charge in [0.05, 0.1) is 5.69 Å². The van der Waals surface area contributed by atoms with Crippen LogP contribution in [0.2, 0.25) is 5.28 Å². The molecule has 0 fully saturated rings. The zero-order chi connectivity index (χ0) is 14.0. The first kappa shape index (κ1) is 13.5. The molecule has 100 valence electrons. The molecule has 1 aromatic heterocycles. The molecule has 5 nitrogen and oxygen atoms in total. The van der Waals surface area contributed by atoms with E-state index in [1.165, 1.54) is 6.07 Å². The second-order valence-corrected chi connectivity index (χ2v) is 4.57. The Morgan fingerprint density at radius 3 is 2.63 bits per heavy atom. The minimum absolute atomic E-state index is 0.0502. The molecule has 0 amide bonds. The van der Waals surface area contributed by atoms with Crippen LogP contribution in [0.5, 0.6) is 0 Å². The standard InChI is InChI=1S/C12H13ClFN5/c1-7-4-5-8(14)9(6-7)15-11-16-10(13)17-12(18-11)19(2)3/h4-6H,1-3H3,(H,15,16,17,18). The van der Waals surface area contributed by atoms with Crippen molar-refractivity contribution in [3.05, 3.63) is 34.9 Å². The molecule has 0 saturated heterocycles. The Bertz CT molecular complexity index is 603. The molecule has 1 N–H and O–H groups in total. The van der Waals surface area contributed by atoms with Crippen molar-refractivity contribution < 1.29 is 4.39 Å². The highest BCUT2D eigenvalue weighted by Gasteiger charge is 2.09. The third-order valence-corrected chi connectivity index (χ3v) is 2.53. The SMILES string of the molecule is Cc1ccc(F)c(Nc2nc(Cl)nc(N(C)C)n2)c1. The zero-order valence-electron chi connectivity index (χ0n) is 10.8. The van der Waals surface area contributed by atoms with Gasteiger partial charge in [-0.3, -0.25) is 0 Å². The molecule has 1 heterocycles. The first-order valence-electron chi connectivity index (χ1n) is 5.58. The van der Waals surface area contributed by atoms with E-state index in [0.717, 1.165) is 5.56 Å². The van der Waals surface area contributed by atoms with Crippen LogP contribution in [0, 0.1) is 12.7 Å². The Morgan fingerprint density at radius 2 is 1.95 bits per heavy atom. The van der Waals surface area contributed by atoms with E-state index in [1.807, 2.05) is 6.92 Å². The molecule has 2 aromatic rings. The summed E-state index contributed by atoms with van der Waals surface area (Å²) in [6.45, 7) is 1.87. The number of hydrogen-bond donors (Lipinski definition) is 1. The van der Waals surface area contributed by atoms with Crippen molar-refractivity contribution in [3.8, 4) is 0 Å². The van der Waals surface area contributed by atoms with Gasteiger partial charge in [0.2, 0.25) is 17.2 Å². The number of benzene rings is 1. The fourth-order valence-corrected chi connectivity index (χ4v) is 1.61. The highest BCUT2D eigenvalue weighted by Crippen LogP contribution is 2.20. The van der Waals surface area contributed by atoms with Gasteiger partial charge in [0, 0.05) is 14.1 Å². The van der Waals surface area contributed by atoms with Gasteiger partial charge in [-0.1, -0.05) is 6.07 Å². The van der Waals surface area contributed by atoms with Gasteiger partial charge >= 0.3 is 0 Å². The van der Waals surface area contributed by atoms with Crippen LogP contribution < -0.4 is 10.2 Å². The minimum atomic E-state index is -0.381. The van der Waals surface area contributed by atoms with Gasteiger partial charge in [0.25, 0.3) is 0 Å². The summed E-state index contributed by atoms with van der Waals surface area (Å²) in [5.74, 6) is 0.220. The summed E-state index contributed by atoms with van der Waals surface area (Å²) in [6, 6.07) is 4.74. The average molecular weight is 282 g/mol. The number of halogens is 2. The van der Waals surface area contributed by atoms with E-state index in [4.69, 9.17) is 11.6 Å². The van der Waals surface area contributed by atoms with E-state index in [2.05, 4.69) is 20.3 Å². The molecule has 0 bridgehead atoms. The van der Waals surface area contributed by atoms with Crippen molar-refractivity contribution in [2.24, 2.45) is 0 Å². The first-order valence-corrected chi connectivity index (χ1v) is 5.95. The molecule has 19 heavy (non-hydrogen) atoms. The quantitative estimate of drug-likeness (QED) is 0.937. The third-order valence-electron chi connectivity index (χ3n) is 2.36. The normalized spacial score (nSPS) is 10.4. The van der Waals surface area contributed by atoms with E-state index in [9.17, 15) is 4.39 Å². The Labute approximate surface area is 115 Å². The summed E-state index contributed by atoms with van der Waals surface area (Å²) < 4.78 is 13.6. The molecule has 0 radical (unpaired) electrons. The van der Waals surface area contributed by atoms with Crippen molar-refractivity contribution in [3.63, 3.8) is 0 Å². The van der Waals surface area contributed by atoms with E-state index in [-0.39, 0.29) is 17.0 Å². The molecular formula is C12H13ClFN5. The van der Waals surface area contributed by atoms with Gasteiger partial charge in [-0.25, -0.2) is 4.39 Å². The smallest absolute Gasteiger partial charge is 0.233 e. The van der Waals surface area contributed by atoms with Crippen molar-refractivity contribution in [1.29, 1.82) is 0 Å². The monoisotopic (exact) mass is 281 g/mol. The number of rotatable bonds is 3. The lowest BCUT2D eigenvalue weighted by Crippen LogP contribution is -2.14. The van der Waals surface area contributed by atoms with E-state index in [0.29, 0.717) is 11.6 Å². The number of nitrogens with zero attached hydrogens (tertiary/aromatic N) is 4. The molecule has 2 rings (SSSR count). The van der Waals surface area contributed by atoms with Crippen LogP contribution >= 0.6 is 11.6 Å². The summed E-state index contributed by atoms with van der Waals surface area (Å²) in [4.78, 5) is 13.7. The van der Waals surface area contributed by atoms with Crippen LogP contribution in [0.25, 0.3) is 0 Å². The maximum Gasteiger partial charge on any atom is 0.233 e. The number of anilines is 3. The van der Waals surface area contributed by atoms with E-state index >= 15 is 0 Å². The fraction of sp³-hybridized carbons (Fsp3) is 0.250. The Kier molecular flexibility index (Phi) is 3.80. The van der Waals surface area contributed by atoms with Crippen LogP contribution in [-0.2, 0) is 0 Å². The highest BCUT2D eigenvalue weighted by atomic mass is 35.5. The fourth-order valence-electron chi connectivity index (χ4n) is 1.45. The Hall–Kier alpha value is -1.95. The second kappa shape index (κ2) is 5.36. The van der Waals surface area contributed by atoms with Crippen LogP contribution in [-0.4, -0.2) is 29.0 Å². The van der Waals surface area contributed by atoms with Crippen molar-refractivity contribution in [2.45, 2.75) is 6.92 Å². The molecule has 1 aromatic carbocycles. The molecule has 0 aliphatic carbocycles. The van der Waals surface area contributed by atoms with Crippen molar-refractivity contribution in [2.75, 3.05) is 24.3 Å². The molecule has 0 aliphatic heterocycles. The number of nitrogens with one attached hydrogen (secondary N) is 1. The summed E-state index contributed by atoms with van der Waals surface area (Å²) in [6.07, 6.45) is 0. The van der Waals surface area contributed by atoms with Gasteiger partial charge in [0.15, 0.2) is 0 Å². The number of aryl methyl sites for hydroxylation is 1. The van der Waals surface area contributed by atoms with Gasteiger partial charge in [-0.15, -0.1) is 0 Å². The van der Waals surface area contributed by atoms with Crippen LogP contribution in [0.15, 0.2) is 18.2 Å². The second-order valence-electron chi connectivity index (χ2n) is 4.23. The Morgan fingerprint density at radius 1 is 1.21 bits per heavy atom. The lowest BCUT2D eigenvalue weighted by molar-refractivity contribution is 0.631. The summed E-state index contributed by atoms with van der Waals surface area (Å²) in [5.41, 5.74) is 1.23. The summed E-state index contributed by atoms with van der Waals surface area (Å²) in [5, 5.41) is 2.85. The van der Waals surface area contributed by atoms with Crippen molar-refractivity contribution >= 4 is 29.2 Å². The lowest BCUT2D eigenvalue weighted by Gasteiger charge is -2.12. The van der Waals surface area contributed by atoms with Gasteiger partial charge in [-0.05, 0) is 36.2 Å². The third kappa shape index (κ3) is 3.29. The largest absolute Gasteiger partial charge is 0.347 e. The average Bonchev–Trinajstić information content (AvgIpc) is 2.33. The van der Waals surface area contributed by atoms with Crippen LogP contribution in [0.4, 0.5) is 22.0 Å². The lowest BCUT2D eigenvalue weighted by atomic mass is 10.2. The van der Waals surface area contributed by atoms with E-state index < -0.39 is 0 Å². The predicted molar refractivity (Wildman–Crippen MR) is 73.6 cm³/mol. The highest BCUT2D eigenvalue weighted by molar-refractivity contribution is 6.28. The predicted octanol–water partition coefficient (Wildman–Crippen LogP) is 2.78. The molecular weight excluding hydrogens is 269 g/mol. The molecule has 0 saturated carbocycles. The van der Waals surface area contributed by atoms with Gasteiger partial charge in [0.1, 0.15) is 5.82 Å². The van der Waals surface area contributed by atoms with Gasteiger partial charge in [-0.2, -0.15) is 15.0 Å². The van der Waals surface area contributed by atoms with E-state index in [1.54, 1.807) is 31.1 Å². The maximum absolute atomic E-state index is 13.6. The Balaban J connectivity index is 2.35. The van der Waals surface area contributed by atoms with Crippen molar-refractivity contribution in [1.82, 2.24) is 15.0 Å². The summed E-state index contributed by atoms with van der Waals surface area (Å²) >= 11 is 5.81. The molecule has 7 heteroatoms. The van der Waals surface area contributed by atoms with Crippen LogP contribution in [0.3, 0.4) is 0 Å². The topological polar surface area (TPSA) is 53.9 Å². The van der Waals surface area contributed by atoms with Crippen LogP contribution in [0.1, 0.15) is 5.56 Å². The molecule has 0 spiro atoms. The number of hydrogen-bond acceptors (Lipinski definition) is 5. The van der Waals surface area contributed by atoms with Gasteiger partial charge < -0.3 is 10.2 Å². The summed E-state index contributed by atoms with van der Waals surface area (Å²) in [7, 11) is 3.56. The maximum atomic E-state index is 13.6. The molecule has 0 atom stereocenters. The molecule has 0 aliphatic rings. The minimum Gasteiger partial charge on any atom is -0.347 e. The zero-order valence-corrected chi connectivity index (χ0v) is 11.5. The molecule has 0 unspecified atom stereocenters. The first-order chi connectivity index (χ1) is 8.95.